The van der Waals surface area contributed by atoms with Gasteiger partial charge >= 0.3 is 11.9 Å². The summed E-state index contributed by atoms with van der Waals surface area (Å²) < 4.78 is 30.7. The molecule has 0 radical (unpaired) electrons. The Hall–Kier alpha value is -1.72. The summed E-state index contributed by atoms with van der Waals surface area (Å²) in [7, 11) is 1.17. The molecule has 0 saturated carbocycles. The first-order valence-electron chi connectivity index (χ1n) is 3.76. The zero-order valence-electron chi connectivity index (χ0n) is 7.46. The molecule has 0 aliphatic heterocycles. The van der Waals surface area contributed by atoms with Gasteiger partial charge in [-0.05, 0) is 0 Å². The van der Waals surface area contributed by atoms with E-state index in [1.807, 2.05) is 0 Å². The van der Waals surface area contributed by atoms with E-state index in [-0.39, 0.29) is 12.0 Å². The first-order chi connectivity index (χ1) is 6.56. The first-order valence-corrected chi connectivity index (χ1v) is 3.76. The number of ether oxygens (including phenoxy) is 1. The summed E-state index contributed by atoms with van der Waals surface area (Å²) >= 11 is 0. The molecule has 0 fully saturated rings. The lowest BCUT2D eigenvalue weighted by Gasteiger charge is -2.00. The van der Waals surface area contributed by atoms with Gasteiger partial charge in [0.1, 0.15) is 0 Å². The Morgan fingerprint density at radius 1 is 1.64 bits per heavy atom. The lowest BCUT2D eigenvalue weighted by molar-refractivity contribution is -0.671. The number of nitrogens with zero attached hydrogens (tertiary/aromatic N) is 1. The van der Waals surface area contributed by atoms with Gasteiger partial charge in [-0.15, -0.1) is 4.39 Å². The standard InChI is InChI=1S/C8H9F2N2O2/c1-14-6(13)4-5-2-3-12(11)8(10)7(5)9/h2-3H,4,11H2,1H3/q+1. The third kappa shape index (κ3) is 1.95. The van der Waals surface area contributed by atoms with E-state index in [0.717, 1.165) is 6.20 Å². The van der Waals surface area contributed by atoms with Crippen LogP contribution >= 0.6 is 0 Å². The SMILES string of the molecule is COC(=O)Cc1cc[n+](N)c(F)c1F. The fourth-order valence-corrected chi connectivity index (χ4v) is 0.919. The third-order valence-corrected chi connectivity index (χ3v) is 1.69. The molecule has 0 unspecified atom stereocenters. The number of nitrogen functional groups attached to an aromatic ring is 1. The van der Waals surface area contributed by atoms with Gasteiger partial charge in [0.05, 0.1) is 13.5 Å². The van der Waals surface area contributed by atoms with E-state index in [4.69, 9.17) is 5.84 Å². The minimum absolute atomic E-state index is 0.0870. The second-order valence-corrected chi connectivity index (χ2v) is 2.61. The van der Waals surface area contributed by atoms with E-state index in [1.165, 1.54) is 13.2 Å². The van der Waals surface area contributed by atoms with E-state index in [1.54, 1.807) is 0 Å². The van der Waals surface area contributed by atoms with Crippen LogP contribution in [-0.2, 0) is 16.0 Å². The number of carbonyl (C=O) groups excluding carboxylic acids is 1. The molecule has 0 aliphatic rings. The molecule has 0 bridgehead atoms. The predicted octanol–water partition coefficient (Wildman–Crippen LogP) is -0.318. The molecule has 1 heterocycles. The number of aromatic nitrogens is 1. The maximum absolute atomic E-state index is 13.1. The highest BCUT2D eigenvalue weighted by atomic mass is 19.2. The van der Waals surface area contributed by atoms with Gasteiger partial charge in [-0.3, -0.25) is 4.79 Å². The topological polar surface area (TPSA) is 56.2 Å². The maximum Gasteiger partial charge on any atom is 0.424 e. The smallest absolute Gasteiger partial charge is 0.424 e. The van der Waals surface area contributed by atoms with Crippen molar-refractivity contribution in [3.63, 3.8) is 0 Å². The Morgan fingerprint density at radius 2 is 2.29 bits per heavy atom. The molecule has 1 rings (SSSR count). The molecule has 0 spiro atoms. The van der Waals surface area contributed by atoms with Gasteiger partial charge < -0.3 is 4.74 Å². The summed E-state index contributed by atoms with van der Waals surface area (Å²) in [6.07, 6.45) is 0.802. The van der Waals surface area contributed by atoms with Crippen LogP contribution in [0.25, 0.3) is 0 Å². The van der Waals surface area contributed by atoms with Gasteiger partial charge in [-0.25, -0.2) is 5.84 Å². The highest BCUT2D eigenvalue weighted by Gasteiger charge is 2.20. The lowest BCUT2D eigenvalue weighted by Crippen LogP contribution is -2.48. The lowest BCUT2D eigenvalue weighted by atomic mass is 10.2. The van der Waals surface area contributed by atoms with Gasteiger partial charge in [-0.2, -0.15) is 4.39 Å². The number of rotatable bonds is 2. The van der Waals surface area contributed by atoms with Crippen LogP contribution < -0.4 is 10.5 Å². The van der Waals surface area contributed by atoms with Crippen LogP contribution in [0.3, 0.4) is 0 Å². The summed E-state index contributed by atoms with van der Waals surface area (Å²) in [6.45, 7) is 0. The average Bonchev–Trinajstić information content (AvgIpc) is 2.19. The Bertz CT molecular complexity index is 369. The molecule has 2 N–H and O–H groups in total. The Morgan fingerprint density at radius 3 is 2.86 bits per heavy atom. The fourth-order valence-electron chi connectivity index (χ4n) is 0.919. The second-order valence-electron chi connectivity index (χ2n) is 2.61. The van der Waals surface area contributed by atoms with E-state index < -0.39 is 17.7 Å². The minimum Gasteiger partial charge on any atom is -0.469 e. The molecule has 0 aliphatic carbocycles. The molecule has 4 nitrogen and oxygen atoms in total. The molecule has 1 aromatic rings. The Labute approximate surface area is 78.9 Å². The molecule has 76 valence electrons. The summed E-state index contributed by atoms with van der Waals surface area (Å²) in [5.41, 5.74) is -0.0870. The van der Waals surface area contributed by atoms with Crippen molar-refractivity contribution < 1.29 is 23.0 Å². The number of pyridine rings is 1. The normalized spacial score (nSPS) is 9.93. The molecule has 0 saturated heterocycles. The van der Waals surface area contributed by atoms with Gasteiger partial charge in [0.15, 0.2) is 0 Å². The maximum atomic E-state index is 13.1. The molecular weight excluding hydrogens is 194 g/mol. The summed E-state index contributed by atoms with van der Waals surface area (Å²) in [4.78, 5) is 10.8. The summed E-state index contributed by atoms with van der Waals surface area (Å²) in [6, 6.07) is 1.22. The van der Waals surface area contributed by atoms with Crippen LogP contribution in [0.4, 0.5) is 8.78 Å². The zero-order chi connectivity index (χ0) is 10.7. The molecule has 0 amide bonds. The summed E-state index contributed by atoms with van der Waals surface area (Å²) in [5.74, 6) is 2.04. The van der Waals surface area contributed by atoms with E-state index >= 15 is 0 Å². The number of carbonyl (C=O) groups is 1. The Kier molecular flexibility index (Phi) is 2.95. The number of esters is 1. The van der Waals surface area contributed by atoms with E-state index in [9.17, 15) is 13.6 Å². The van der Waals surface area contributed by atoms with Crippen LogP contribution in [-0.4, -0.2) is 13.1 Å². The van der Waals surface area contributed by atoms with Gasteiger partial charge in [0.25, 0.3) is 0 Å². The van der Waals surface area contributed by atoms with Crippen LogP contribution in [0.2, 0.25) is 0 Å². The quantitative estimate of drug-likeness (QED) is 0.310. The van der Waals surface area contributed by atoms with Crippen molar-refractivity contribution in [2.45, 2.75) is 6.42 Å². The van der Waals surface area contributed by atoms with Crippen molar-refractivity contribution in [1.29, 1.82) is 0 Å². The number of hydrogen-bond acceptors (Lipinski definition) is 3. The fraction of sp³-hybridized carbons (Fsp3) is 0.250. The van der Waals surface area contributed by atoms with Gasteiger partial charge in [-0.1, -0.05) is 4.68 Å². The highest BCUT2D eigenvalue weighted by molar-refractivity contribution is 5.72. The number of halogens is 2. The van der Waals surface area contributed by atoms with Crippen molar-refractivity contribution >= 4 is 5.97 Å². The van der Waals surface area contributed by atoms with Crippen LogP contribution in [0.5, 0.6) is 0 Å². The van der Waals surface area contributed by atoms with Gasteiger partial charge in [0, 0.05) is 11.6 Å². The molecule has 6 heteroatoms. The van der Waals surface area contributed by atoms with Crippen molar-refractivity contribution in [2.24, 2.45) is 0 Å². The molecule has 1 aromatic heterocycles. The zero-order valence-corrected chi connectivity index (χ0v) is 7.46. The van der Waals surface area contributed by atoms with Crippen LogP contribution in [0.1, 0.15) is 5.56 Å². The summed E-state index contributed by atoms with van der Waals surface area (Å²) in [5, 5.41) is 0. The van der Waals surface area contributed by atoms with Gasteiger partial charge in [0.2, 0.25) is 12.0 Å². The van der Waals surface area contributed by atoms with Crippen LogP contribution in [0.15, 0.2) is 12.3 Å². The monoisotopic (exact) mass is 203 g/mol. The largest absolute Gasteiger partial charge is 0.469 e. The first kappa shape index (κ1) is 10.4. The van der Waals surface area contributed by atoms with Crippen molar-refractivity contribution in [3.05, 3.63) is 29.6 Å². The second kappa shape index (κ2) is 3.99. The third-order valence-electron chi connectivity index (χ3n) is 1.69. The van der Waals surface area contributed by atoms with Crippen molar-refractivity contribution in [1.82, 2.24) is 0 Å². The predicted molar refractivity (Wildman–Crippen MR) is 42.4 cm³/mol. The number of methoxy groups -OCH3 is 1. The van der Waals surface area contributed by atoms with Crippen LogP contribution in [0, 0.1) is 11.8 Å². The Balaban J connectivity index is 3.00. The average molecular weight is 203 g/mol. The van der Waals surface area contributed by atoms with Crippen molar-refractivity contribution in [2.75, 3.05) is 13.0 Å². The van der Waals surface area contributed by atoms with E-state index in [2.05, 4.69) is 4.74 Å². The van der Waals surface area contributed by atoms with Crippen molar-refractivity contribution in [3.8, 4) is 0 Å². The highest BCUT2D eigenvalue weighted by Crippen LogP contribution is 2.08. The molecule has 0 aromatic carbocycles. The number of hydrogen-bond donors (Lipinski definition) is 1. The molecule has 14 heavy (non-hydrogen) atoms. The minimum atomic E-state index is -1.22. The molecular formula is C8H9F2N2O2+. The molecule has 0 atom stereocenters. The van der Waals surface area contributed by atoms with E-state index in [0.29, 0.717) is 4.68 Å². The number of nitrogens with two attached hydrogens (primary N) is 1.